The molecule has 2 aliphatic rings. The van der Waals surface area contributed by atoms with Gasteiger partial charge in [0.1, 0.15) is 18.3 Å². The SMILES string of the molecule is OC[C@H]1O[C@@H](O)[C@H](O)[C@](O)(C2(O)C=Nc3ccccc32)[C@H]1O. The van der Waals surface area contributed by atoms with Crippen LogP contribution in [0.2, 0.25) is 0 Å². The highest BCUT2D eigenvalue weighted by Crippen LogP contribution is 2.47. The molecule has 6 atom stereocenters. The van der Waals surface area contributed by atoms with Crippen molar-refractivity contribution < 1.29 is 35.4 Å². The average Bonchev–Trinajstić information content (AvgIpc) is 2.88. The Morgan fingerprint density at radius 1 is 1.09 bits per heavy atom. The van der Waals surface area contributed by atoms with Crippen LogP contribution < -0.4 is 0 Å². The quantitative estimate of drug-likeness (QED) is 0.362. The first kappa shape index (κ1) is 15.5. The first-order valence-corrected chi connectivity index (χ1v) is 6.76. The van der Waals surface area contributed by atoms with Crippen molar-refractivity contribution in [1.29, 1.82) is 0 Å². The molecular formula is C14H17NO7. The fourth-order valence-corrected chi connectivity index (χ4v) is 3.06. The molecule has 1 aromatic carbocycles. The van der Waals surface area contributed by atoms with Crippen molar-refractivity contribution >= 4 is 11.9 Å². The fourth-order valence-electron chi connectivity index (χ4n) is 3.06. The Bertz CT molecular complexity index is 609. The molecule has 0 saturated carbocycles. The van der Waals surface area contributed by atoms with Gasteiger partial charge >= 0.3 is 0 Å². The van der Waals surface area contributed by atoms with E-state index >= 15 is 0 Å². The average molecular weight is 311 g/mol. The van der Waals surface area contributed by atoms with Gasteiger partial charge in [0.2, 0.25) is 0 Å². The molecule has 1 unspecified atom stereocenters. The van der Waals surface area contributed by atoms with Crippen LogP contribution in [-0.2, 0) is 10.3 Å². The van der Waals surface area contributed by atoms with E-state index in [1.54, 1.807) is 18.2 Å². The molecule has 2 aliphatic heterocycles. The Kier molecular flexibility index (Phi) is 3.57. The molecule has 22 heavy (non-hydrogen) atoms. The second-order valence-electron chi connectivity index (χ2n) is 5.50. The number of para-hydroxylation sites is 1. The lowest BCUT2D eigenvalue weighted by Crippen LogP contribution is -2.75. The van der Waals surface area contributed by atoms with Crippen LogP contribution in [0, 0.1) is 0 Å². The van der Waals surface area contributed by atoms with E-state index in [1.807, 2.05) is 0 Å². The maximum Gasteiger partial charge on any atom is 0.184 e. The summed E-state index contributed by atoms with van der Waals surface area (Å²) >= 11 is 0. The number of hydrogen-bond donors (Lipinski definition) is 6. The zero-order chi connectivity index (χ0) is 16.1. The molecule has 1 fully saturated rings. The molecule has 6 N–H and O–H groups in total. The molecule has 2 heterocycles. The second kappa shape index (κ2) is 5.07. The van der Waals surface area contributed by atoms with E-state index in [9.17, 15) is 30.6 Å². The van der Waals surface area contributed by atoms with Gasteiger partial charge in [-0.05, 0) is 6.07 Å². The number of benzene rings is 1. The van der Waals surface area contributed by atoms with Gasteiger partial charge in [-0.15, -0.1) is 0 Å². The molecule has 1 aromatic rings. The smallest absolute Gasteiger partial charge is 0.184 e. The van der Waals surface area contributed by atoms with E-state index in [2.05, 4.69) is 4.99 Å². The van der Waals surface area contributed by atoms with Crippen LogP contribution in [-0.4, -0.2) is 73.7 Å². The third-order valence-electron chi connectivity index (χ3n) is 4.33. The Morgan fingerprint density at radius 3 is 2.45 bits per heavy atom. The summed E-state index contributed by atoms with van der Waals surface area (Å²) in [4.78, 5) is 3.98. The van der Waals surface area contributed by atoms with E-state index in [-0.39, 0.29) is 5.56 Å². The summed E-state index contributed by atoms with van der Waals surface area (Å²) in [5.41, 5.74) is -4.34. The fraction of sp³-hybridized carbons (Fsp3) is 0.500. The number of hydrogen-bond acceptors (Lipinski definition) is 8. The molecule has 8 nitrogen and oxygen atoms in total. The summed E-state index contributed by atoms with van der Waals surface area (Å²) in [5, 5.41) is 61.2. The Morgan fingerprint density at radius 2 is 1.77 bits per heavy atom. The highest BCUT2D eigenvalue weighted by atomic mass is 16.6. The van der Waals surface area contributed by atoms with Crippen LogP contribution in [0.25, 0.3) is 0 Å². The van der Waals surface area contributed by atoms with Gasteiger partial charge in [0.25, 0.3) is 0 Å². The Balaban J connectivity index is 2.14. The highest BCUT2D eigenvalue weighted by molar-refractivity contribution is 5.85. The number of aliphatic hydroxyl groups is 6. The predicted octanol–water partition coefficient (Wildman–Crippen LogP) is -2.25. The summed E-state index contributed by atoms with van der Waals surface area (Å²) in [5.74, 6) is 0. The molecule has 0 bridgehead atoms. The predicted molar refractivity (Wildman–Crippen MR) is 73.4 cm³/mol. The standard InChI is InChI=1S/C14H17NO7/c16-5-9-10(17)14(21,11(18)12(19)22-9)13(20)6-15-8-4-2-1-3-7(8)13/h1-4,6,9-12,16-21H,5H2/t9-,10+,11+,12-,13?,14+/m1/s1. The van der Waals surface area contributed by atoms with Gasteiger partial charge in [-0.2, -0.15) is 0 Å². The minimum absolute atomic E-state index is 0.168. The summed E-state index contributed by atoms with van der Waals surface area (Å²) in [6.07, 6.45) is -6.16. The lowest BCUT2D eigenvalue weighted by molar-refractivity contribution is -0.349. The van der Waals surface area contributed by atoms with Crippen LogP contribution in [0.4, 0.5) is 5.69 Å². The van der Waals surface area contributed by atoms with Gasteiger partial charge in [-0.3, -0.25) is 4.99 Å². The Hall–Kier alpha value is -1.39. The zero-order valence-corrected chi connectivity index (χ0v) is 11.4. The molecular weight excluding hydrogens is 294 g/mol. The normalized spacial score (nSPS) is 44.1. The maximum atomic E-state index is 10.9. The number of rotatable bonds is 2. The highest BCUT2D eigenvalue weighted by Gasteiger charge is 2.66. The van der Waals surface area contributed by atoms with Crippen molar-refractivity contribution in [2.45, 2.75) is 35.8 Å². The Labute approximate surface area is 125 Å². The summed E-state index contributed by atoms with van der Waals surface area (Å²) in [7, 11) is 0. The molecule has 3 rings (SSSR count). The van der Waals surface area contributed by atoms with Crippen molar-refractivity contribution in [2.75, 3.05) is 6.61 Å². The molecule has 0 aromatic heterocycles. The van der Waals surface area contributed by atoms with Crippen molar-refractivity contribution in [3.8, 4) is 0 Å². The first-order valence-electron chi connectivity index (χ1n) is 6.76. The molecule has 0 amide bonds. The van der Waals surface area contributed by atoms with Crippen LogP contribution in [0.5, 0.6) is 0 Å². The van der Waals surface area contributed by atoms with E-state index in [1.165, 1.54) is 6.07 Å². The summed E-state index contributed by atoms with van der Waals surface area (Å²) < 4.78 is 4.84. The summed E-state index contributed by atoms with van der Waals surface area (Å²) in [6.45, 7) is -0.720. The van der Waals surface area contributed by atoms with E-state index in [4.69, 9.17) is 4.74 Å². The topological polar surface area (TPSA) is 143 Å². The maximum absolute atomic E-state index is 10.9. The lowest BCUT2D eigenvalue weighted by atomic mass is 9.69. The van der Waals surface area contributed by atoms with Gasteiger partial charge in [-0.1, -0.05) is 18.2 Å². The molecule has 120 valence electrons. The molecule has 1 saturated heterocycles. The van der Waals surface area contributed by atoms with Gasteiger partial charge in [0, 0.05) is 11.8 Å². The lowest BCUT2D eigenvalue weighted by Gasteiger charge is -2.51. The van der Waals surface area contributed by atoms with Crippen molar-refractivity contribution in [1.82, 2.24) is 0 Å². The largest absolute Gasteiger partial charge is 0.394 e. The van der Waals surface area contributed by atoms with Crippen molar-refractivity contribution in [3.63, 3.8) is 0 Å². The minimum Gasteiger partial charge on any atom is -0.394 e. The number of aliphatic hydroxyl groups excluding tert-OH is 4. The van der Waals surface area contributed by atoms with Gasteiger partial charge in [0.15, 0.2) is 17.5 Å². The third kappa shape index (κ3) is 1.80. The van der Waals surface area contributed by atoms with Gasteiger partial charge in [-0.25, -0.2) is 0 Å². The van der Waals surface area contributed by atoms with Crippen LogP contribution in [0.15, 0.2) is 29.3 Å². The zero-order valence-electron chi connectivity index (χ0n) is 11.4. The molecule has 0 spiro atoms. The second-order valence-corrected chi connectivity index (χ2v) is 5.50. The summed E-state index contributed by atoms with van der Waals surface area (Å²) in [6, 6.07) is 6.34. The van der Waals surface area contributed by atoms with E-state index in [0.29, 0.717) is 5.69 Å². The molecule has 0 aliphatic carbocycles. The number of fused-ring (bicyclic) bond motifs is 1. The minimum atomic E-state index is -2.62. The van der Waals surface area contributed by atoms with Crippen LogP contribution in [0.3, 0.4) is 0 Å². The van der Waals surface area contributed by atoms with E-state index < -0.39 is 42.4 Å². The molecule has 8 heteroatoms. The van der Waals surface area contributed by atoms with E-state index in [0.717, 1.165) is 6.21 Å². The number of aliphatic imine (C=N–C) groups is 1. The number of nitrogens with zero attached hydrogens (tertiary/aromatic N) is 1. The van der Waals surface area contributed by atoms with Crippen LogP contribution in [0.1, 0.15) is 5.56 Å². The van der Waals surface area contributed by atoms with Gasteiger partial charge in [0.05, 0.1) is 12.3 Å². The third-order valence-corrected chi connectivity index (χ3v) is 4.33. The first-order chi connectivity index (χ1) is 10.4. The van der Waals surface area contributed by atoms with Gasteiger partial charge < -0.3 is 35.4 Å². The van der Waals surface area contributed by atoms with Crippen molar-refractivity contribution in [2.24, 2.45) is 4.99 Å². The van der Waals surface area contributed by atoms with Crippen molar-refractivity contribution in [3.05, 3.63) is 29.8 Å². The monoisotopic (exact) mass is 311 g/mol. The number of ether oxygens (including phenoxy) is 1. The van der Waals surface area contributed by atoms with Crippen LogP contribution >= 0.6 is 0 Å². The molecule has 0 radical (unpaired) electrons.